The lowest BCUT2D eigenvalue weighted by molar-refractivity contribution is -0.00518. The van der Waals surface area contributed by atoms with Gasteiger partial charge in [-0.2, -0.15) is 0 Å². The molecule has 4 aliphatic rings. The number of rotatable bonds is 5. The molecule has 4 saturated carbocycles. The molecule has 3 heteroatoms. The third kappa shape index (κ3) is 3.35. The van der Waals surface area contributed by atoms with Crippen molar-refractivity contribution in [3.8, 4) is 11.5 Å². The summed E-state index contributed by atoms with van der Waals surface area (Å²) in [5, 5.41) is 0. The smallest absolute Gasteiger partial charge is 0.161 e. The van der Waals surface area contributed by atoms with Crippen LogP contribution in [0.1, 0.15) is 55.2 Å². The second-order valence-corrected chi connectivity index (χ2v) is 9.57. The molecule has 0 atom stereocenters. The number of benzene rings is 2. The maximum atomic E-state index is 5.43. The fourth-order valence-corrected chi connectivity index (χ4v) is 6.64. The maximum Gasteiger partial charge on any atom is 0.161 e. The van der Waals surface area contributed by atoms with Crippen LogP contribution in [0.2, 0.25) is 0 Å². The fourth-order valence-electron chi connectivity index (χ4n) is 6.64. The molecule has 0 unspecified atom stereocenters. The summed E-state index contributed by atoms with van der Waals surface area (Å²) in [4.78, 5) is 4.73. The lowest BCUT2D eigenvalue weighted by Gasteiger charge is -2.57. The molecule has 0 amide bonds. The lowest BCUT2D eigenvalue weighted by Crippen LogP contribution is -2.48. The van der Waals surface area contributed by atoms with Gasteiger partial charge in [-0.1, -0.05) is 12.1 Å². The molecule has 29 heavy (non-hydrogen) atoms. The van der Waals surface area contributed by atoms with Crippen LogP contribution >= 0.6 is 0 Å². The molecule has 2 aromatic carbocycles. The number of ether oxygens (including phenoxy) is 2. The lowest BCUT2D eigenvalue weighted by atomic mass is 9.48. The Morgan fingerprint density at radius 2 is 1.41 bits per heavy atom. The molecule has 0 aromatic heterocycles. The molecule has 4 fully saturated rings. The van der Waals surface area contributed by atoms with E-state index in [2.05, 4.69) is 31.2 Å². The molecular formula is C26H31NO2. The van der Waals surface area contributed by atoms with E-state index < -0.39 is 0 Å². The van der Waals surface area contributed by atoms with Gasteiger partial charge in [-0.15, -0.1) is 0 Å². The average Bonchev–Trinajstić information content (AvgIpc) is 2.72. The summed E-state index contributed by atoms with van der Waals surface area (Å²) in [7, 11) is 3.33. The Morgan fingerprint density at radius 3 is 1.97 bits per heavy atom. The zero-order valence-electron chi connectivity index (χ0n) is 17.8. The van der Waals surface area contributed by atoms with Crippen molar-refractivity contribution in [3.63, 3.8) is 0 Å². The molecule has 0 heterocycles. The van der Waals surface area contributed by atoms with Gasteiger partial charge >= 0.3 is 0 Å². The zero-order chi connectivity index (χ0) is 20.0. The largest absolute Gasteiger partial charge is 0.493 e. The number of hydrogen-bond acceptors (Lipinski definition) is 3. The van der Waals surface area contributed by atoms with Crippen molar-refractivity contribution >= 4 is 11.9 Å². The van der Waals surface area contributed by atoms with E-state index in [9.17, 15) is 0 Å². The van der Waals surface area contributed by atoms with Crippen LogP contribution in [-0.2, 0) is 5.41 Å². The molecule has 0 aliphatic heterocycles. The molecular weight excluding hydrogens is 358 g/mol. The Kier molecular flexibility index (Phi) is 4.64. The van der Waals surface area contributed by atoms with E-state index in [1.165, 1.54) is 38.5 Å². The Balaban J connectivity index is 1.36. The van der Waals surface area contributed by atoms with E-state index >= 15 is 0 Å². The topological polar surface area (TPSA) is 30.8 Å². The summed E-state index contributed by atoms with van der Waals surface area (Å²) < 4.78 is 10.8. The summed E-state index contributed by atoms with van der Waals surface area (Å²) in [6.45, 7) is 2.07. The molecule has 4 bridgehead atoms. The van der Waals surface area contributed by atoms with Gasteiger partial charge in [-0.25, -0.2) is 0 Å². The van der Waals surface area contributed by atoms with Crippen molar-refractivity contribution in [2.75, 3.05) is 14.2 Å². The Morgan fingerprint density at radius 1 is 0.862 bits per heavy atom. The van der Waals surface area contributed by atoms with Gasteiger partial charge in [-0.05, 0) is 110 Å². The summed E-state index contributed by atoms with van der Waals surface area (Å²) in [6.07, 6.45) is 10.6. The van der Waals surface area contributed by atoms with Gasteiger partial charge in [0.25, 0.3) is 0 Å². The predicted molar refractivity (Wildman–Crippen MR) is 118 cm³/mol. The standard InChI is InChI=1S/C26H31NO2/c1-17-8-24(28-2)25(29-3)12-21(17)16-27-23-6-4-22(5-7-23)26-13-18-9-19(14-26)11-20(10-18)15-26/h4-8,12,16,18-20H,9-11,13-15H2,1-3H3. The van der Waals surface area contributed by atoms with E-state index in [0.717, 1.165) is 46.1 Å². The maximum absolute atomic E-state index is 5.43. The minimum absolute atomic E-state index is 0.455. The van der Waals surface area contributed by atoms with Crippen molar-refractivity contribution in [1.29, 1.82) is 0 Å². The van der Waals surface area contributed by atoms with Crippen LogP contribution in [0.5, 0.6) is 11.5 Å². The van der Waals surface area contributed by atoms with Crippen LogP contribution in [0.4, 0.5) is 5.69 Å². The van der Waals surface area contributed by atoms with Crippen molar-refractivity contribution < 1.29 is 9.47 Å². The van der Waals surface area contributed by atoms with Gasteiger partial charge < -0.3 is 9.47 Å². The molecule has 0 radical (unpaired) electrons. The molecule has 4 aliphatic carbocycles. The minimum Gasteiger partial charge on any atom is -0.493 e. The zero-order valence-corrected chi connectivity index (χ0v) is 17.8. The summed E-state index contributed by atoms with van der Waals surface area (Å²) in [5.41, 5.74) is 5.19. The third-order valence-corrected chi connectivity index (χ3v) is 7.64. The minimum atomic E-state index is 0.455. The quantitative estimate of drug-likeness (QED) is 0.568. The van der Waals surface area contributed by atoms with Crippen LogP contribution in [0.15, 0.2) is 41.4 Å². The first-order chi connectivity index (χ1) is 14.1. The molecule has 6 rings (SSSR count). The first-order valence-corrected chi connectivity index (χ1v) is 11.0. The fraction of sp³-hybridized carbons (Fsp3) is 0.500. The highest BCUT2D eigenvalue weighted by Gasteiger charge is 2.51. The normalized spacial score (nSPS) is 30.1. The molecule has 2 aromatic rings. The number of hydrogen-bond donors (Lipinski definition) is 0. The second kappa shape index (κ2) is 7.19. The van der Waals surface area contributed by atoms with E-state index in [-0.39, 0.29) is 0 Å². The molecule has 0 spiro atoms. The van der Waals surface area contributed by atoms with Crippen LogP contribution in [0.25, 0.3) is 0 Å². The first kappa shape index (κ1) is 18.7. The van der Waals surface area contributed by atoms with Gasteiger partial charge in [0.2, 0.25) is 0 Å². The van der Waals surface area contributed by atoms with Crippen LogP contribution in [0, 0.1) is 24.7 Å². The second-order valence-electron chi connectivity index (χ2n) is 9.57. The predicted octanol–water partition coefficient (Wildman–Crippen LogP) is 6.23. The SMILES string of the molecule is COc1cc(C)c(C=Nc2ccc(C34CC5CC(CC(C5)C3)C4)cc2)cc1OC. The highest BCUT2D eigenvalue weighted by molar-refractivity contribution is 5.85. The summed E-state index contributed by atoms with van der Waals surface area (Å²) >= 11 is 0. The van der Waals surface area contributed by atoms with Crippen LogP contribution < -0.4 is 9.47 Å². The van der Waals surface area contributed by atoms with E-state index in [4.69, 9.17) is 14.5 Å². The van der Waals surface area contributed by atoms with Gasteiger partial charge in [0.1, 0.15) is 0 Å². The van der Waals surface area contributed by atoms with Gasteiger partial charge in [0, 0.05) is 6.21 Å². The Hall–Kier alpha value is -2.29. The number of aryl methyl sites for hydroxylation is 1. The van der Waals surface area contributed by atoms with E-state index in [1.54, 1.807) is 19.8 Å². The van der Waals surface area contributed by atoms with Gasteiger partial charge in [0.15, 0.2) is 11.5 Å². The van der Waals surface area contributed by atoms with Crippen molar-refractivity contribution in [3.05, 3.63) is 53.1 Å². The van der Waals surface area contributed by atoms with Gasteiger partial charge in [0.05, 0.1) is 19.9 Å². The molecule has 0 saturated heterocycles. The van der Waals surface area contributed by atoms with Crippen molar-refractivity contribution in [2.45, 2.75) is 50.9 Å². The number of methoxy groups -OCH3 is 2. The Bertz CT molecular complexity index is 893. The molecule has 152 valence electrons. The van der Waals surface area contributed by atoms with E-state index in [1.807, 2.05) is 18.3 Å². The highest BCUT2D eigenvalue weighted by Crippen LogP contribution is 2.60. The van der Waals surface area contributed by atoms with Crippen molar-refractivity contribution in [2.24, 2.45) is 22.7 Å². The molecule has 0 N–H and O–H groups in total. The van der Waals surface area contributed by atoms with E-state index in [0.29, 0.717) is 5.41 Å². The van der Waals surface area contributed by atoms with Gasteiger partial charge in [-0.3, -0.25) is 4.99 Å². The number of aliphatic imine (C=N–C) groups is 1. The summed E-state index contributed by atoms with van der Waals surface area (Å²) in [5.74, 6) is 4.42. The third-order valence-electron chi connectivity index (χ3n) is 7.64. The van der Waals surface area contributed by atoms with Crippen LogP contribution in [-0.4, -0.2) is 20.4 Å². The van der Waals surface area contributed by atoms with Crippen molar-refractivity contribution in [1.82, 2.24) is 0 Å². The first-order valence-electron chi connectivity index (χ1n) is 11.0. The van der Waals surface area contributed by atoms with Crippen LogP contribution in [0.3, 0.4) is 0 Å². The monoisotopic (exact) mass is 389 g/mol. The molecule has 3 nitrogen and oxygen atoms in total. The number of nitrogens with zero attached hydrogens (tertiary/aromatic N) is 1. The Labute approximate surface area is 174 Å². The average molecular weight is 390 g/mol. The summed E-state index contributed by atoms with van der Waals surface area (Å²) in [6, 6.07) is 13.1. The highest BCUT2D eigenvalue weighted by atomic mass is 16.5.